The molecule has 0 spiro atoms. The van der Waals surface area contributed by atoms with Crippen LogP contribution < -0.4 is 10.2 Å². The Labute approximate surface area is 117 Å². The van der Waals surface area contributed by atoms with Gasteiger partial charge in [0, 0.05) is 25.4 Å². The minimum absolute atomic E-state index is 0.0533. The fourth-order valence-corrected chi connectivity index (χ4v) is 2.76. The van der Waals surface area contributed by atoms with Crippen LogP contribution in [-0.2, 0) is 20.7 Å². The highest BCUT2D eigenvalue weighted by Gasteiger charge is 2.29. The largest absolute Gasteiger partial charge is 0.376 e. The third-order valence-electron chi connectivity index (χ3n) is 3.84. The first-order valence-corrected chi connectivity index (χ1v) is 7.05. The SMILES string of the molecule is O=C(NCC1CCCO1)C(=O)N1CCc2ccccc21. The number of ether oxygens (including phenoxy) is 1. The highest BCUT2D eigenvalue weighted by Crippen LogP contribution is 2.27. The van der Waals surface area contributed by atoms with Crippen LogP contribution in [0.4, 0.5) is 5.69 Å². The molecule has 1 atom stereocenters. The number of nitrogens with one attached hydrogen (secondary N) is 1. The van der Waals surface area contributed by atoms with Crippen LogP contribution in [0, 0.1) is 0 Å². The maximum atomic E-state index is 12.2. The summed E-state index contributed by atoms with van der Waals surface area (Å²) in [5, 5.41) is 2.68. The lowest BCUT2D eigenvalue weighted by molar-refractivity contribution is -0.137. The molecule has 2 aliphatic rings. The third kappa shape index (κ3) is 2.54. The Kier molecular flexibility index (Phi) is 3.69. The molecule has 3 rings (SSSR count). The topological polar surface area (TPSA) is 58.6 Å². The maximum absolute atomic E-state index is 12.2. The lowest BCUT2D eigenvalue weighted by atomic mass is 10.2. The third-order valence-corrected chi connectivity index (χ3v) is 3.84. The Morgan fingerprint density at radius 1 is 1.35 bits per heavy atom. The van der Waals surface area contributed by atoms with Crippen LogP contribution in [0.2, 0.25) is 0 Å². The Morgan fingerprint density at radius 3 is 3.00 bits per heavy atom. The number of anilines is 1. The Morgan fingerprint density at radius 2 is 2.20 bits per heavy atom. The van der Waals surface area contributed by atoms with Gasteiger partial charge in [-0.2, -0.15) is 0 Å². The standard InChI is InChI=1S/C15H18N2O3/c18-14(16-10-12-5-3-9-20-12)15(19)17-8-7-11-4-1-2-6-13(11)17/h1-2,4,6,12H,3,5,7-10H2,(H,16,18). The fraction of sp³-hybridized carbons (Fsp3) is 0.467. The second kappa shape index (κ2) is 5.63. The van der Waals surface area contributed by atoms with Crippen molar-refractivity contribution in [3.05, 3.63) is 29.8 Å². The van der Waals surface area contributed by atoms with Crippen molar-refractivity contribution in [1.29, 1.82) is 0 Å². The Hall–Kier alpha value is -1.88. The second-order valence-electron chi connectivity index (χ2n) is 5.18. The minimum Gasteiger partial charge on any atom is -0.376 e. The summed E-state index contributed by atoms with van der Waals surface area (Å²) in [6.07, 6.45) is 2.83. The highest BCUT2D eigenvalue weighted by atomic mass is 16.5. The van der Waals surface area contributed by atoms with E-state index in [0.717, 1.165) is 37.1 Å². The number of fused-ring (bicyclic) bond motifs is 1. The van der Waals surface area contributed by atoms with Crippen molar-refractivity contribution in [3.8, 4) is 0 Å². The summed E-state index contributed by atoms with van der Waals surface area (Å²) in [5.74, 6) is -1.02. The van der Waals surface area contributed by atoms with Gasteiger partial charge in [0.2, 0.25) is 0 Å². The van der Waals surface area contributed by atoms with Crippen molar-refractivity contribution in [2.24, 2.45) is 0 Å². The van der Waals surface area contributed by atoms with Crippen LogP contribution in [0.1, 0.15) is 18.4 Å². The van der Waals surface area contributed by atoms with Gasteiger partial charge >= 0.3 is 11.8 Å². The summed E-state index contributed by atoms with van der Waals surface area (Å²) >= 11 is 0. The van der Waals surface area contributed by atoms with Crippen molar-refractivity contribution < 1.29 is 14.3 Å². The van der Waals surface area contributed by atoms with E-state index in [2.05, 4.69) is 5.32 Å². The van der Waals surface area contributed by atoms with Crippen molar-refractivity contribution in [1.82, 2.24) is 5.32 Å². The zero-order chi connectivity index (χ0) is 13.9. The molecule has 1 aromatic carbocycles. The summed E-state index contributed by atoms with van der Waals surface area (Å²) in [7, 11) is 0. The molecule has 2 amide bonds. The highest BCUT2D eigenvalue weighted by molar-refractivity contribution is 6.40. The number of hydrogen-bond donors (Lipinski definition) is 1. The molecule has 1 N–H and O–H groups in total. The molecule has 1 saturated heterocycles. The zero-order valence-electron chi connectivity index (χ0n) is 11.3. The number of nitrogens with zero attached hydrogens (tertiary/aromatic N) is 1. The van der Waals surface area contributed by atoms with E-state index in [1.807, 2.05) is 24.3 Å². The molecular formula is C15H18N2O3. The van der Waals surface area contributed by atoms with Gasteiger partial charge < -0.3 is 15.0 Å². The fourth-order valence-electron chi connectivity index (χ4n) is 2.76. The molecule has 2 aliphatic heterocycles. The molecule has 0 aromatic heterocycles. The lowest BCUT2D eigenvalue weighted by Crippen LogP contribution is -2.44. The average Bonchev–Trinajstić information content (AvgIpc) is 3.13. The molecule has 1 aromatic rings. The van der Waals surface area contributed by atoms with Gasteiger partial charge in [-0.1, -0.05) is 18.2 Å². The monoisotopic (exact) mass is 274 g/mol. The van der Waals surface area contributed by atoms with Crippen molar-refractivity contribution in [3.63, 3.8) is 0 Å². The minimum atomic E-state index is -0.544. The smallest absolute Gasteiger partial charge is 0.316 e. The van der Waals surface area contributed by atoms with Crippen molar-refractivity contribution in [2.75, 3.05) is 24.6 Å². The van der Waals surface area contributed by atoms with Gasteiger partial charge in [0.15, 0.2) is 0 Å². The summed E-state index contributed by atoms with van der Waals surface area (Å²) in [6, 6.07) is 7.71. The van der Waals surface area contributed by atoms with E-state index in [9.17, 15) is 9.59 Å². The molecule has 0 aliphatic carbocycles. The normalized spacial score (nSPS) is 20.8. The van der Waals surface area contributed by atoms with Gasteiger partial charge in [-0.05, 0) is 30.9 Å². The number of para-hydroxylation sites is 1. The summed E-state index contributed by atoms with van der Waals surface area (Å²) < 4.78 is 5.43. The Bertz CT molecular complexity index is 524. The molecule has 0 radical (unpaired) electrons. The van der Waals surface area contributed by atoms with Gasteiger partial charge in [-0.15, -0.1) is 0 Å². The van der Waals surface area contributed by atoms with E-state index in [-0.39, 0.29) is 6.10 Å². The van der Waals surface area contributed by atoms with Gasteiger partial charge in [-0.3, -0.25) is 9.59 Å². The van der Waals surface area contributed by atoms with Crippen LogP contribution in [0.15, 0.2) is 24.3 Å². The van der Waals surface area contributed by atoms with Gasteiger partial charge in [0.1, 0.15) is 0 Å². The van der Waals surface area contributed by atoms with Gasteiger partial charge in [0.05, 0.1) is 6.10 Å². The van der Waals surface area contributed by atoms with Crippen LogP contribution in [0.3, 0.4) is 0 Å². The number of benzene rings is 1. The molecule has 0 saturated carbocycles. The first kappa shape index (κ1) is 13.1. The van der Waals surface area contributed by atoms with E-state index in [1.54, 1.807) is 4.90 Å². The number of amides is 2. The molecule has 2 heterocycles. The van der Waals surface area contributed by atoms with Gasteiger partial charge in [0.25, 0.3) is 0 Å². The van der Waals surface area contributed by atoms with E-state index >= 15 is 0 Å². The number of carbonyl (C=O) groups is 2. The van der Waals surface area contributed by atoms with E-state index in [4.69, 9.17) is 4.74 Å². The van der Waals surface area contributed by atoms with Gasteiger partial charge in [-0.25, -0.2) is 0 Å². The number of carbonyl (C=O) groups excluding carboxylic acids is 2. The summed E-state index contributed by atoms with van der Waals surface area (Å²) in [5.41, 5.74) is 1.97. The zero-order valence-corrected chi connectivity index (χ0v) is 11.3. The van der Waals surface area contributed by atoms with Crippen molar-refractivity contribution in [2.45, 2.75) is 25.4 Å². The molecule has 5 heteroatoms. The summed E-state index contributed by atoms with van der Waals surface area (Å²) in [6.45, 7) is 1.74. The van der Waals surface area contributed by atoms with Crippen LogP contribution in [-0.4, -0.2) is 37.6 Å². The van der Waals surface area contributed by atoms with Crippen LogP contribution >= 0.6 is 0 Å². The van der Waals surface area contributed by atoms with E-state index < -0.39 is 11.8 Å². The summed E-state index contributed by atoms with van der Waals surface area (Å²) in [4.78, 5) is 25.7. The molecule has 1 unspecified atom stereocenters. The Balaban J connectivity index is 1.60. The number of hydrogen-bond acceptors (Lipinski definition) is 3. The maximum Gasteiger partial charge on any atom is 0.316 e. The predicted molar refractivity (Wildman–Crippen MR) is 74.5 cm³/mol. The lowest BCUT2D eigenvalue weighted by Gasteiger charge is -2.17. The molecule has 1 fully saturated rings. The van der Waals surface area contributed by atoms with E-state index in [1.165, 1.54) is 0 Å². The predicted octanol–water partition coefficient (Wildman–Crippen LogP) is 0.871. The molecule has 5 nitrogen and oxygen atoms in total. The molecule has 0 bridgehead atoms. The van der Waals surface area contributed by atoms with Crippen molar-refractivity contribution >= 4 is 17.5 Å². The molecular weight excluding hydrogens is 256 g/mol. The van der Waals surface area contributed by atoms with Crippen LogP contribution in [0.25, 0.3) is 0 Å². The molecule has 20 heavy (non-hydrogen) atoms. The first-order chi connectivity index (χ1) is 9.75. The van der Waals surface area contributed by atoms with Crippen LogP contribution in [0.5, 0.6) is 0 Å². The molecule has 106 valence electrons. The second-order valence-corrected chi connectivity index (χ2v) is 5.18. The van der Waals surface area contributed by atoms with E-state index in [0.29, 0.717) is 13.1 Å². The number of rotatable bonds is 2. The quantitative estimate of drug-likeness (QED) is 0.814. The average molecular weight is 274 g/mol. The first-order valence-electron chi connectivity index (χ1n) is 7.05.